The largest absolute Gasteiger partial charge is 0.481 e. The van der Waals surface area contributed by atoms with E-state index in [1.54, 1.807) is 27.7 Å². The Bertz CT molecular complexity index is 874. The number of aromatic nitrogens is 2. The quantitative estimate of drug-likeness (QED) is 0.164. The number of nitrogens with one attached hydrogen (secondary N) is 4. The van der Waals surface area contributed by atoms with Crippen molar-refractivity contribution < 1.29 is 34.2 Å². The SMILES string of the molecule is CCC(C)C(NC(=O)C(Cc1cnc[nH]1)NC(=O)C(CCC(=O)O)NC(=O)C(N)C(C)C)C(=O)O. The van der Waals surface area contributed by atoms with Gasteiger partial charge in [-0.3, -0.25) is 19.2 Å². The molecule has 1 aromatic heterocycles. The standard InChI is InChI=1S/C22H36N6O7/c1-5-12(4)18(22(34)35)28-20(32)15(8-13-9-24-10-25-13)27-19(31)14(6-7-16(29)30)26-21(33)17(23)11(2)3/h9-12,14-15,17-18H,5-8,23H2,1-4H3,(H,24,25)(H,26,33)(H,27,31)(H,28,32)(H,29,30)(H,34,35). The number of carbonyl (C=O) groups is 5. The predicted octanol–water partition coefficient (Wildman–Crippen LogP) is -0.615. The van der Waals surface area contributed by atoms with E-state index in [0.29, 0.717) is 12.1 Å². The maximum atomic E-state index is 13.1. The molecular formula is C22H36N6O7. The Morgan fingerprint density at radius 3 is 2.09 bits per heavy atom. The summed E-state index contributed by atoms with van der Waals surface area (Å²) in [5.41, 5.74) is 6.33. The van der Waals surface area contributed by atoms with E-state index in [4.69, 9.17) is 10.8 Å². The molecule has 13 nitrogen and oxygen atoms in total. The van der Waals surface area contributed by atoms with E-state index in [9.17, 15) is 29.1 Å². The smallest absolute Gasteiger partial charge is 0.326 e. The van der Waals surface area contributed by atoms with Gasteiger partial charge < -0.3 is 36.9 Å². The summed E-state index contributed by atoms with van der Waals surface area (Å²) in [4.78, 5) is 67.9. The molecule has 1 rings (SSSR count). The van der Waals surface area contributed by atoms with Gasteiger partial charge >= 0.3 is 11.9 Å². The van der Waals surface area contributed by atoms with Crippen LogP contribution >= 0.6 is 0 Å². The minimum Gasteiger partial charge on any atom is -0.481 e. The van der Waals surface area contributed by atoms with E-state index in [1.165, 1.54) is 12.5 Å². The van der Waals surface area contributed by atoms with Crippen molar-refractivity contribution in [2.24, 2.45) is 17.6 Å². The number of carboxylic acids is 2. The van der Waals surface area contributed by atoms with Crippen molar-refractivity contribution in [2.45, 2.75) is 77.5 Å². The zero-order chi connectivity index (χ0) is 26.7. The lowest BCUT2D eigenvalue weighted by atomic mass is 9.98. The van der Waals surface area contributed by atoms with Crippen molar-refractivity contribution in [3.63, 3.8) is 0 Å². The number of aromatic amines is 1. The second kappa shape index (κ2) is 14.0. The lowest BCUT2D eigenvalue weighted by molar-refractivity contribution is -0.143. The molecular weight excluding hydrogens is 460 g/mol. The zero-order valence-corrected chi connectivity index (χ0v) is 20.4. The molecule has 0 saturated carbocycles. The summed E-state index contributed by atoms with van der Waals surface area (Å²) in [5.74, 6) is -5.18. The Labute approximate surface area is 203 Å². The molecule has 0 radical (unpaired) electrons. The van der Waals surface area contributed by atoms with Crippen LogP contribution in [0.4, 0.5) is 0 Å². The number of amides is 3. The average molecular weight is 497 g/mol. The minimum atomic E-state index is -1.27. The monoisotopic (exact) mass is 496 g/mol. The molecule has 0 aliphatic carbocycles. The Kier molecular flexibility index (Phi) is 11.9. The molecule has 13 heteroatoms. The van der Waals surface area contributed by atoms with Crippen LogP contribution in [0.25, 0.3) is 0 Å². The highest BCUT2D eigenvalue weighted by Crippen LogP contribution is 2.10. The van der Waals surface area contributed by atoms with Gasteiger partial charge in [-0.2, -0.15) is 0 Å². The number of carboxylic acid groups (broad SMARTS) is 2. The van der Waals surface area contributed by atoms with E-state index >= 15 is 0 Å². The lowest BCUT2D eigenvalue weighted by Gasteiger charge is -2.26. The molecule has 5 atom stereocenters. The number of hydrogen-bond acceptors (Lipinski definition) is 7. The molecule has 0 aliphatic heterocycles. The van der Waals surface area contributed by atoms with Gasteiger partial charge in [0.2, 0.25) is 17.7 Å². The van der Waals surface area contributed by atoms with Crippen LogP contribution < -0.4 is 21.7 Å². The summed E-state index contributed by atoms with van der Waals surface area (Å²) in [7, 11) is 0. The molecule has 0 aromatic carbocycles. The Morgan fingerprint density at radius 1 is 1.00 bits per heavy atom. The molecule has 0 fully saturated rings. The normalized spacial score (nSPS) is 15.4. The van der Waals surface area contributed by atoms with Gasteiger partial charge in [-0.15, -0.1) is 0 Å². The number of aliphatic carboxylic acids is 2. The van der Waals surface area contributed by atoms with Crippen molar-refractivity contribution in [2.75, 3.05) is 0 Å². The number of hydrogen-bond donors (Lipinski definition) is 7. The van der Waals surface area contributed by atoms with Crippen molar-refractivity contribution >= 4 is 29.7 Å². The Morgan fingerprint density at radius 2 is 1.60 bits per heavy atom. The van der Waals surface area contributed by atoms with Crippen LogP contribution in [0, 0.1) is 11.8 Å². The Hall–Kier alpha value is -3.48. The van der Waals surface area contributed by atoms with Crippen LogP contribution in [0.2, 0.25) is 0 Å². The summed E-state index contributed by atoms with van der Waals surface area (Å²) in [6.45, 7) is 6.90. The Balaban J connectivity index is 3.12. The maximum Gasteiger partial charge on any atom is 0.326 e. The second-order valence-electron chi connectivity index (χ2n) is 8.82. The van der Waals surface area contributed by atoms with Gasteiger partial charge in [-0.1, -0.05) is 34.1 Å². The molecule has 8 N–H and O–H groups in total. The van der Waals surface area contributed by atoms with Gasteiger partial charge in [-0.25, -0.2) is 9.78 Å². The van der Waals surface area contributed by atoms with Crippen LogP contribution in [0.3, 0.4) is 0 Å². The maximum absolute atomic E-state index is 13.1. The first-order valence-electron chi connectivity index (χ1n) is 11.5. The molecule has 35 heavy (non-hydrogen) atoms. The average Bonchev–Trinajstić information content (AvgIpc) is 3.30. The molecule has 3 amide bonds. The number of imidazole rings is 1. The first kappa shape index (κ1) is 29.6. The summed E-state index contributed by atoms with van der Waals surface area (Å²) < 4.78 is 0. The van der Waals surface area contributed by atoms with Gasteiger partial charge in [0, 0.05) is 24.7 Å². The summed E-state index contributed by atoms with van der Waals surface area (Å²) in [6.07, 6.45) is 2.63. The highest BCUT2D eigenvalue weighted by molar-refractivity contribution is 5.94. The number of H-pyrrole nitrogens is 1. The fourth-order valence-corrected chi connectivity index (χ4v) is 3.14. The second-order valence-corrected chi connectivity index (χ2v) is 8.82. The molecule has 196 valence electrons. The van der Waals surface area contributed by atoms with Gasteiger partial charge in [0.25, 0.3) is 0 Å². The molecule has 1 aromatic rings. The third-order valence-electron chi connectivity index (χ3n) is 5.69. The van der Waals surface area contributed by atoms with E-state index in [1.807, 2.05) is 0 Å². The summed E-state index contributed by atoms with van der Waals surface area (Å²) in [6, 6.07) is -4.60. The third kappa shape index (κ3) is 9.73. The fourth-order valence-electron chi connectivity index (χ4n) is 3.14. The first-order valence-corrected chi connectivity index (χ1v) is 11.5. The van der Waals surface area contributed by atoms with Crippen molar-refractivity contribution in [3.8, 4) is 0 Å². The number of carbonyl (C=O) groups excluding carboxylic acids is 3. The van der Waals surface area contributed by atoms with E-state index < -0.39 is 60.2 Å². The highest BCUT2D eigenvalue weighted by atomic mass is 16.4. The lowest BCUT2D eigenvalue weighted by Crippen LogP contribution is -2.58. The predicted molar refractivity (Wildman–Crippen MR) is 125 cm³/mol. The summed E-state index contributed by atoms with van der Waals surface area (Å²) in [5, 5.41) is 26.0. The summed E-state index contributed by atoms with van der Waals surface area (Å²) >= 11 is 0. The van der Waals surface area contributed by atoms with Crippen molar-refractivity contribution in [1.29, 1.82) is 0 Å². The van der Waals surface area contributed by atoms with Crippen LogP contribution in [0.1, 0.15) is 52.7 Å². The molecule has 0 saturated heterocycles. The van der Waals surface area contributed by atoms with Crippen LogP contribution in [0.15, 0.2) is 12.5 Å². The van der Waals surface area contributed by atoms with E-state index in [2.05, 4.69) is 25.9 Å². The van der Waals surface area contributed by atoms with Crippen LogP contribution in [-0.4, -0.2) is 74.0 Å². The molecule has 1 heterocycles. The van der Waals surface area contributed by atoms with Crippen molar-refractivity contribution in [3.05, 3.63) is 18.2 Å². The number of nitrogens with zero attached hydrogens (tertiary/aromatic N) is 1. The molecule has 5 unspecified atom stereocenters. The van der Waals surface area contributed by atoms with Crippen molar-refractivity contribution in [1.82, 2.24) is 25.9 Å². The van der Waals surface area contributed by atoms with Crippen LogP contribution in [-0.2, 0) is 30.4 Å². The van der Waals surface area contributed by atoms with E-state index in [-0.39, 0.29) is 24.7 Å². The zero-order valence-electron chi connectivity index (χ0n) is 20.4. The molecule has 0 bridgehead atoms. The molecule has 0 aliphatic rings. The van der Waals surface area contributed by atoms with Gasteiger partial charge in [-0.05, 0) is 18.3 Å². The van der Waals surface area contributed by atoms with Crippen LogP contribution in [0.5, 0.6) is 0 Å². The minimum absolute atomic E-state index is 0.0461. The number of nitrogens with two attached hydrogens (primary N) is 1. The van der Waals surface area contributed by atoms with Gasteiger partial charge in [0.15, 0.2) is 0 Å². The highest BCUT2D eigenvalue weighted by Gasteiger charge is 2.32. The fraction of sp³-hybridized carbons (Fsp3) is 0.636. The third-order valence-corrected chi connectivity index (χ3v) is 5.69. The van der Waals surface area contributed by atoms with E-state index in [0.717, 1.165) is 0 Å². The van der Waals surface area contributed by atoms with Gasteiger partial charge in [0.05, 0.1) is 12.4 Å². The van der Waals surface area contributed by atoms with Gasteiger partial charge in [0.1, 0.15) is 18.1 Å². The topological polar surface area (TPSA) is 217 Å². The first-order chi connectivity index (χ1) is 16.4. The number of rotatable bonds is 15. The molecule has 0 spiro atoms.